The van der Waals surface area contributed by atoms with Gasteiger partial charge in [0.05, 0.1) is 0 Å². The number of nitrogens with one attached hydrogen (secondary N) is 1. The number of benzene rings is 1. The van der Waals surface area contributed by atoms with Gasteiger partial charge in [-0.3, -0.25) is 4.90 Å². The van der Waals surface area contributed by atoms with Crippen LogP contribution < -0.4 is 10.2 Å². The van der Waals surface area contributed by atoms with Gasteiger partial charge in [0.2, 0.25) is 0 Å². The Morgan fingerprint density at radius 2 is 1.81 bits per heavy atom. The van der Waals surface area contributed by atoms with Crippen LogP contribution in [0.15, 0.2) is 24.3 Å². The Morgan fingerprint density at radius 1 is 1.29 bits per heavy atom. The standard InChI is InChI=1S/C15H21FN2O3/c1-5-18(11-8-6-10(16)7-9-11)14(21)17-12(13(19)20)15(2,3)4/h6-9,12H,5H2,1-4H3,(H,17,21)(H,19,20)/t12-/m0/s1. The largest absolute Gasteiger partial charge is 0.480 e. The molecule has 2 N–H and O–H groups in total. The first-order valence-electron chi connectivity index (χ1n) is 6.73. The zero-order chi connectivity index (χ0) is 16.2. The monoisotopic (exact) mass is 296 g/mol. The number of amides is 2. The van der Waals surface area contributed by atoms with Gasteiger partial charge in [-0.05, 0) is 36.6 Å². The average molecular weight is 296 g/mol. The van der Waals surface area contributed by atoms with Crippen molar-refractivity contribution in [2.75, 3.05) is 11.4 Å². The molecule has 21 heavy (non-hydrogen) atoms. The normalized spacial score (nSPS) is 12.6. The fraction of sp³-hybridized carbons (Fsp3) is 0.467. The second-order valence-corrected chi connectivity index (χ2v) is 5.81. The van der Waals surface area contributed by atoms with E-state index in [2.05, 4.69) is 5.32 Å². The van der Waals surface area contributed by atoms with E-state index in [4.69, 9.17) is 0 Å². The highest BCUT2D eigenvalue weighted by Gasteiger charge is 2.33. The third kappa shape index (κ3) is 4.44. The van der Waals surface area contributed by atoms with Crippen molar-refractivity contribution in [2.45, 2.75) is 33.7 Å². The van der Waals surface area contributed by atoms with E-state index in [0.29, 0.717) is 12.2 Å². The molecule has 0 saturated carbocycles. The Balaban J connectivity index is 2.93. The minimum Gasteiger partial charge on any atom is -0.480 e. The number of carbonyl (C=O) groups excluding carboxylic acids is 1. The van der Waals surface area contributed by atoms with Gasteiger partial charge < -0.3 is 10.4 Å². The van der Waals surface area contributed by atoms with Crippen LogP contribution >= 0.6 is 0 Å². The smallest absolute Gasteiger partial charge is 0.326 e. The Morgan fingerprint density at radius 3 is 2.19 bits per heavy atom. The van der Waals surface area contributed by atoms with E-state index >= 15 is 0 Å². The molecule has 0 aliphatic rings. The summed E-state index contributed by atoms with van der Waals surface area (Å²) in [6.45, 7) is 7.31. The first-order valence-corrected chi connectivity index (χ1v) is 6.73. The predicted molar refractivity (Wildman–Crippen MR) is 78.8 cm³/mol. The molecule has 2 amide bonds. The molecule has 0 bridgehead atoms. The third-order valence-electron chi connectivity index (χ3n) is 3.08. The van der Waals surface area contributed by atoms with Gasteiger partial charge in [-0.1, -0.05) is 20.8 Å². The summed E-state index contributed by atoms with van der Waals surface area (Å²) in [6, 6.07) is 3.93. The van der Waals surface area contributed by atoms with Gasteiger partial charge >= 0.3 is 12.0 Å². The van der Waals surface area contributed by atoms with Crippen molar-refractivity contribution in [1.29, 1.82) is 0 Å². The lowest BCUT2D eigenvalue weighted by molar-refractivity contribution is -0.141. The molecule has 1 atom stereocenters. The van der Waals surface area contributed by atoms with E-state index < -0.39 is 29.3 Å². The second-order valence-electron chi connectivity index (χ2n) is 5.81. The molecule has 0 aliphatic heterocycles. The molecule has 0 spiro atoms. The number of hydrogen-bond acceptors (Lipinski definition) is 2. The van der Waals surface area contributed by atoms with E-state index in [1.54, 1.807) is 27.7 Å². The van der Waals surface area contributed by atoms with Gasteiger partial charge in [-0.25, -0.2) is 14.0 Å². The summed E-state index contributed by atoms with van der Waals surface area (Å²) in [5.41, 5.74) is -0.113. The molecule has 1 aromatic rings. The third-order valence-corrected chi connectivity index (χ3v) is 3.08. The van der Waals surface area contributed by atoms with Crippen molar-refractivity contribution in [1.82, 2.24) is 5.32 Å². The summed E-state index contributed by atoms with van der Waals surface area (Å²) in [5, 5.41) is 11.8. The number of anilines is 1. The molecule has 1 aromatic carbocycles. The maximum Gasteiger partial charge on any atom is 0.326 e. The van der Waals surface area contributed by atoms with Gasteiger partial charge in [0, 0.05) is 12.2 Å². The quantitative estimate of drug-likeness (QED) is 0.897. The fourth-order valence-electron chi connectivity index (χ4n) is 1.91. The van der Waals surface area contributed by atoms with E-state index in [9.17, 15) is 19.1 Å². The molecule has 0 heterocycles. The van der Waals surface area contributed by atoms with Gasteiger partial charge in [0.1, 0.15) is 11.9 Å². The summed E-state index contributed by atoms with van der Waals surface area (Å²) in [5.74, 6) is -1.49. The van der Waals surface area contributed by atoms with E-state index in [0.717, 1.165) is 0 Å². The molecular formula is C15H21FN2O3. The maximum atomic E-state index is 12.9. The van der Waals surface area contributed by atoms with Gasteiger partial charge in [-0.2, -0.15) is 0 Å². The Labute approximate surface area is 123 Å². The lowest BCUT2D eigenvalue weighted by atomic mass is 9.87. The summed E-state index contributed by atoms with van der Waals surface area (Å²) in [4.78, 5) is 24.9. The number of carbonyl (C=O) groups is 2. The Hall–Kier alpha value is -2.11. The van der Waals surface area contributed by atoms with Gasteiger partial charge in [-0.15, -0.1) is 0 Å². The van der Waals surface area contributed by atoms with Crippen LogP contribution in [0.2, 0.25) is 0 Å². The highest BCUT2D eigenvalue weighted by molar-refractivity contribution is 5.94. The predicted octanol–water partition coefficient (Wildman–Crippen LogP) is 2.86. The number of nitrogens with zero attached hydrogens (tertiary/aromatic N) is 1. The zero-order valence-corrected chi connectivity index (χ0v) is 12.7. The van der Waals surface area contributed by atoms with E-state index in [1.165, 1.54) is 29.2 Å². The number of carboxylic acids is 1. The molecule has 1 rings (SSSR count). The number of aliphatic carboxylic acids is 1. The lowest BCUT2D eigenvalue weighted by Gasteiger charge is -2.30. The maximum absolute atomic E-state index is 12.9. The van der Waals surface area contributed by atoms with Crippen LogP contribution in [0.5, 0.6) is 0 Å². The summed E-state index contributed by atoms with van der Waals surface area (Å²) >= 11 is 0. The lowest BCUT2D eigenvalue weighted by Crippen LogP contribution is -2.53. The van der Waals surface area contributed by atoms with Crippen LogP contribution in [0.1, 0.15) is 27.7 Å². The molecule has 5 nitrogen and oxygen atoms in total. The van der Waals surface area contributed by atoms with Crippen LogP contribution in [0.4, 0.5) is 14.9 Å². The molecular weight excluding hydrogens is 275 g/mol. The number of rotatable bonds is 4. The minimum atomic E-state index is -1.09. The van der Waals surface area contributed by atoms with Gasteiger partial charge in [0.15, 0.2) is 0 Å². The molecule has 0 fully saturated rings. The minimum absolute atomic E-state index is 0.341. The van der Waals surface area contributed by atoms with Gasteiger partial charge in [0.25, 0.3) is 0 Å². The fourth-order valence-corrected chi connectivity index (χ4v) is 1.91. The highest BCUT2D eigenvalue weighted by Crippen LogP contribution is 2.21. The van der Waals surface area contributed by atoms with Crippen LogP contribution in [-0.2, 0) is 4.79 Å². The summed E-state index contributed by atoms with van der Waals surface area (Å²) in [6.07, 6.45) is 0. The van der Waals surface area contributed by atoms with E-state index in [1.807, 2.05) is 0 Å². The van der Waals surface area contributed by atoms with Crippen LogP contribution in [0.3, 0.4) is 0 Å². The molecule has 6 heteroatoms. The Kier molecular flexibility index (Phi) is 5.29. The van der Waals surface area contributed by atoms with Crippen molar-refractivity contribution >= 4 is 17.7 Å². The molecule has 0 radical (unpaired) electrons. The summed E-state index contributed by atoms with van der Waals surface area (Å²) < 4.78 is 12.9. The van der Waals surface area contributed by atoms with Crippen molar-refractivity contribution in [3.05, 3.63) is 30.1 Å². The first-order chi connectivity index (χ1) is 9.66. The number of urea groups is 1. The molecule has 0 saturated heterocycles. The molecule has 0 aromatic heterocycles. The average Bonchev–Trinajstić information content (AvgIpc) is 2.37. The van der Waals surface area contributed by atoms with Crippen molar-refractivity contribution in [3.8, 4) is 0 Å². The van der Waals surface area contributed by atoms with Crippen molar-refractivity contribution in [3.63, 3.8) is 0 Å². The van der Waals surface area contributed by atoms with Crippen molar-refractivity contribution < 1.29 is 19.1 Å². The van der Waals surface area contributed by atoms with Crippen LogP contribution in [0.25, 0.3) is 0 Å². The molecule has 116 valence electrons. The first kappa shape index (κ1) is 16.9. The SMILES string of the molecule is CCN(C(=O)N[C@@H](C(=O)O)C(C)(C)C)c1ccc(F)cc1. The van der Waals surface area contributed by atoms with Crippen LogP contribution in [-0.4, -0.2) is 29.7 Å². The Bertz CT molecular complexity index is 509. The molecule has 0 aliphatic carbocycles. The van der Waals surface area contributed by atoms with E-state index in [-0.39, 0.29) is 0 Å². The zero-order valence-electron chi connectivity index (χ0n) is 12.7. The number of hydrogen-bond donors (Lipinski definition) is 2. The van der Waals surface area contributed by atoms with Crippen LogP contribution in [0, 0.1) is 11.2 Å². The topological polar surface area (TPSA) is 69.6 Å². The molecule has 0 unspecified atom stereocenters. The number of halogens is 1. The second kappa shape index (κ2) is 6.56. The highest BCUT2D eigenvalue weighted by atomic mass is 19.1. The van der Waals surface area contributed by atoms with Crippen molar-refractivity contribution in [2.24, 2.45) is 5.41 Å². The number of carboxylic acid groups (broad SMARTS) is 1. The summed E-state index contributed by atoms with van der Waals surface area (Å²) in [7, 11) is 0.